The van der Waals surface area contributed by atoms with Crippen LogP contribution < -0.4 is 10.5 Å². The molecular weight excluding hydrogens is 422 g/mol. The zero-order chi connectivity index (χ0) is 20.3. The number of nitrogens with one attached hydrogen (secondary N) is 1. The summed E-state index contributed by atoms with van der Waals surface area (Å²) in [5, 5.41) is 2.80. The van der Waals surface area contributed by atoms with Gasteiger partial charge in [-0.15, -0.1) is 0 Å². The van der Waals surface area contributed by atoms with Crippen molar-refractivity contribution >= 4 is 27.6 Å². The molecule has 3 aromatic rings. The second kappa shape index (κ2) is 8.48. The van der Waals surface area contributed by atoms with Gasteiger partial charge in [0.2, 0.25) is 0 Å². The topological polar surface area (TPSA) is 67.3 Å². The van der Waals surface area contributed by atoms with E-state index in [1.165, 1.54) is 7.11 Å². The lowest BCUT2D eigenvalue weighted by Crippen LogP contribution is -2.32. The summed E-state index contributed by atoms with van der Waals surface area (Å²) in [6.07, 6.45) is 0. The Kier molecular flexibility index (Phi) is 6.04. The van der Waals surface area contributed by atoms with Gasteiger partial charge >= 0.3 is 5.97 Å². The van der Waals surface area contributed by atoms with E-state index in [0.29, 0.717) is 16.6 Å². The van der Waals surface area contributed by atoms with Crippen LogP contribution in [0.4, 0.5) is 5.69 Å². The number of benzene rings is 2. The van der Waals surface area contributed by atoms with E-state index in [1.807, 2.05) is 55.5 Å². The van der Waals surface area contributed by atoms with Gasteiger partial charge in [0, 0.05) is 13.6 Å². The van der Waals surface area contributed by atoms with Crippen LogP contribution in [0.3, 0.4) is 0 Å². The van der Waals surface area contributed by atoms with Crippen molar-refractivity contribution in [1.82, 2.24) is 9.78 Å². The average molecular weight is 444 g/mol. The number of hydrogen-bond donors (Lipinski definition) is 1. The van der Waals surface area contributed by atoms with Gasteiger partial charge in [-0.1, -0.05) is 42.5 Å². The number of halogens is 1. The summed E-state index contributed by atoms with van der Waals surface area (Å²) in [7, 11) is 3.17. The van der Waals surface area contributed by atoms with E-state index in [9.17, 15) is 9.59 Å². The normalized spacial score (nSPS) is 11.9. The Morgan fingerprint density at radius 2 is 1.82 bits per heavy atom. The number of esters is 1. The molecule has 1 unspecified atom stereocenters. The molecule has 146 valence electrons. The predicted octanol–water partition coefficient (Wildman–Crippen LogP) is 3.88. The smallest absolute Gasteiger partial charge is 0.339 e. The number of rotatable bonds is 6. The van der Waals surface area contributed by atoms with Crippen molar-refractivity contribution in [2.45, 2.75) is 13.0 Å². The monoisotopic (exact) mass is 443 g/mol. The van der Waals surface area contributed by atoms with Gasteiger partial charge in [0.1, 0.15) is 4.47 Å². The standard InChI is InChI=1S/C21H22BrN3O3/c1-4-25(16-13-9-8-12-15(16)21(27)28-3)18(14-10-6-5-7-11-14)19-17(22)20(26)23-24(19)2/h5-13,18H,4H2,1-3H3,(H,23,26). The average Bonchev–Trinajstić information content (AvgIpc) is 2.97. The SMILES string of the molecule is CCN(c1ccccc1C(=O)OC)C(c1ccccc1)c1c(Br)c(=O)[nH]n1C. The van der Waals surface area contributed by atoms with E-state index in [1.54, 1.807) is 17.8 Å². The summed E-state index contributed by atoms with van der Waals surface area (Å²) in [5.74, 6) is -0.400. The van der Waals surface area contributed by atoms with Crippen LogP contribution in [0, 0.1) is 0 Å². The minimum atomic E-state index is -0.400. The maximum Gasteiger partial charge on any atom is 0.339 e. The third-order valence-corrected chi connectivity index (χ3v) is 5.47. The highest BCUT2D eigenvalue weighted by atomic mass is 79.9. The van der Waals surface area contributed by atoms with E-state index >= 15 is 0 Å². The Labute approximate surface area is 171 Å². The number of aromatic amines is 1. The van der Waals surface area contributed by atoms with Crippen molar-refractivity contribution in [3.63, 3.8) is 0 Å². The van der Waals surface area contributed by atoms with Gasteiger partial charge < -0.3 is 9.64 Å². The second-order valence-corrected chi connectivity index (χ2v) is 7.10. The molecule has 1 N–H and O–H groups in total. The van der Waals surface area contributed by atoms with Crippen LogP contribution in [-0.4, -0.2) is 29.4 Å². The number of carbonyl (C=O) groups excluding carboxylic acids is 1. The molecule has 0 saturated heterocycles. The van der Waals surface area contributed by atoms with Crippen LogP contribution in [0.2, 0.25) is 0 Å². The molecule has 1 heterocycles. The highest BCUT2D eigenvalue weighted by Crippen LogP contribution is 2.36. The fourth-order valence-electron chi connectivity index (χ4n) is 3.45. The molecule has 0 fully saturated rings. The van der Waals surface area contributed by atoms with Crippen molar-refractivity contribution in [3.8, 4) is 0 Å². The highest BCUT2D eigenvalue weighted by Gasteiger charge is 2.30. The zero-order valence-corrected chi connectivity index (χ0v) is 17.6. The number of aryl methyl sites for hydroxylation is 1. The maximum absolute atomic E-state index is 12.4. The van der Waals surface area contributed by atoms with Gasteiger partial charge in [0.15, 0.2) is 0 Å². The number of methoxy groups -OCH3 is 1. The van der Waals surface area contributed by atoms with E-state index in [4.69, 9.17) is 4.74 Å². The molecule has 28 heavy (non-hydrogen) atoms. The van der Waals surface area contributed by atoms with Crippen LogP contribution in [-0.2, 0) is 11.8 Å². The number of nitrogens with zero attached hydrogens (tertiary/aromatic N) is 2. The lowest BCUT2D eigenvalue weighted by Gasteiger charge is -2.34. The first-order valence-electron chi connectivity index (χ1n) is 8.92. The number of H-pyrrole nitrogens is 1. The van der Waals surface area contributed by atoms with Gasteiger partial charge in [0.05, 0.1) is 30.1 Å². The van der Waals surface area contributed by atoms with Crippen LogP contribution in [0.1, 0.15) is 34.6 Å². The highest BCUT2D eigenvalue weighted by molar-refractivity contribution is 9.10. The van der Waals surface area contributed by atoms with Crippen molar-refractivity contribution in [2.24, 2.45) is 7.05 Å². The number of ether oxygens (including phenoxy) is 1. The number of hydrogen-bond acceptors (Lipinski definition) is 4. The first-order chi connectivity index (χ1) is 13.5. The fraction of sp³-hybridized carbons (Fsp3) is 0.238. The van der Waals surface area contributed by atoms with Gasteiger partial charge in [-0.25, -0.2) is 4.79 Å². The molecule has 0 bridgehead atoms. The third kappa shape index (κ3) is 3.62. The van der Waals surface area contributed by atoms with Gasteiger partial charge in [0.25, 0.3) is 5.56 Å². The van der Waals surface area contributed by atoms with Crippen LogP contribution in [0.25, 0.3) is 0 Å². The lowest BCUT2D eigenvalue weighted by molar-refractivity contribution is 0.0601. The largest absolute Gasteiger partial charge is 0.465 e. The third-order valence-electron chi connectivity index (χ3n) is 4.70. The quantitative estimate of drug-likeness (QED) is 0.586. The van der Waals surface area contributed by atoms with Crippen molar-refractivity contribution < 1.29 is 9.53 Å². The summed E-state index contributed by atoms with van der Waals surface area (Å²) in [4.78, 5) is 26.7. The van der Waals surface area contributed by atoms with Crippen LogP contribution >= 0.6 is 15.9 Å². The first kappa shape index (κ1) is 19.9. The summed E-state index contributed by atoms with van der Waals surface area (Å²) in [6.45, 7) is 2.63. The number of aromatic nitrogens is 2. The van der Waals surface area contributed by atoms with Crippen molar-refractivity contribution in [1.29, 1.82) is 0 Å². The van der Waals surface area contributed by atoms with E-state index < -0.39 is 5.97 Å². The molecule has 0 aliphatic rings. The van der Waals surface area contributed by atoms with E-state index in [0.717, 1.165) is 16.9 Å². The van der Waals surface area contributed by atoms with Crippen molar-refractivity contribution in [3.05, 3.63) is 86.2 Å². The Balaban J connectivity index is 2.26. The van der Waals surface area contributed by atoms with Gasteiger partial charge in [-0.2, -0.15) is 0 Å². The Bertz CT molecular complexity index is 1030. The fourth-order valence-corrected chi connectivity index (χ4v) is 4.02. The number of anilines is 1. The zero-order valence-electron chi connectivity index (χ0n) is 16.0. The Hall–Kier alpha value is -2.80. The molecule has 1 aromatic heterocycles. The molecule has 6 nitrogen and oxygen atoms in total. The van der Waals surface area contributed by atoms with Crippen molar-refractivity contribution in [2.75, 3.05) is 18.6 Å². The minimum Gasteiger partial charge on any atom is -0.465 e. The second-order valence-electron chi connectivity index (χ2n) is 6.31. The Morgan fingerprint density at radius 1 is 1.18 bits per heavy atom. The first-order valence-corrected chi connectivity index (χ1v) is 9.72. The summed E-state index contributed by atoms with van der Waals surface area (Å²) >= 11 is 3.45. The molecule has 7 heteroatoms. The molecule has 0 aliphatic carbocycles. The van der Waals surface area contributed by atoms with Gasteiger partial charge in [-0.05, 0) is 40.5 Å². The van der Waals surface area contributed by atoms with Gasteiger partial charge in [-0.3, -0.25) is 14.6 Å². The summed E-state index contributed by atoms with van der Waals surface area (Å²) < 4.78 is 7.16. The van der Waals surface area contributed by atoms with Crippen LogP contribution in [0.15, 0.2) is 63.9 Å². The molecule has 0 saturated carbocycles. The molecule has 1 atom stereocenters. The molecule has 0 aliphatic heterocycles. The molecule has 2 aromatic carbocycles. The summed E-state index contributed by atoms with van der Waals surface area (Å²) in [6, 6.07) is 16.9. The van der Waals surface area contributed by atoms with E-state index in [-0.39, 0.29) is 11.6 Å². The predicted molar refractivity (Wildman–Crippen MR) is 113 cm³/mol. The molecule has 0 amide bonds. The minimum absolute atomic E-state index is 0.198. The Morgan fingerprint density at radius 3 is 2.39 bits per heavy atom. The molecule has 0 radical (unpaired) electrons. The van der Waals surface area contributed by atoms with E-state index in [2.05, 4.69) is 25.9 Å². The number of para-hydroxylation sites is 1. The molecular formula is C21H22BrN3O3. The number of carbonyl (C=O) groups is 1. The molecule has 3 rings (SSSR count). The lowest BCUT2D eigenvalue weighted by atomic mass is 9.99. The summed E-state index contributed by atoms with van der Waals surface area (Å²) in [5.41, 5.74) is 2.79. The maximum atomic E-state index is 12.4. The van der Waals surface area contributed by atoms with Crippen LogP contribution in [0.5, 0.6) is 0 Å². The molecule has 0 spiro atoms.